The number of esters is 3. The maximum Gasteiger partial charge on any atom is 0.309 e. The molecule has 0 aliphatic rings. The monoisotopic (exact) mass is 905 g/mol. The van der Waals surface area contributed by atoms with Gasteiger partial charge in [0.25, 0.3) is 0 Å². The number of allylic oxidation sites excluding steroid dienone is 13. The van der Waals surface area contributed by atoms with Crippen molar-refractivity contribution in [2.24, 2.45) is 0 Å². The number of ether oxygens (including phenoxy) is 3. The number of hydrogen-bond acceptors (Lipinski definition) is 6. The Kier molecular flexibility index (Phi) is 50.4. The van der Waals surface area contributed by atoms with Gasteiger partial charge >= 0.3 is 17.9 Å². The van der Waals surface area contributed by atoms with E-state index in [0.29, 0.717) is 12.8 Å². The standard InChI is InChI=1S/C59H100O6/c1-4-7-10-13-16-19-21-23-25-27-29-31-33-35-37-40-43-46-49-52-58(61)64-55-56(54-63-57(60)51-48-45-42-39-18-15-12-9-6-3)65-59(62)53-50-47-44-41-38-36-34-32-30-28-26-24-22-20-17-14-11-8-5-2/h9,12,16-24,39,45,48,56H,4-8,10-11,13-15,25-38,40-44,46-47,49-55H2,1-3H3/b12-9-,19-16-,20-17-,23-21-,24-22-,39-18-,48-45-. The summed E-state index contributed by atoms with van der Waals surface area (Å²) in [5.74, 6) is -1.04. The van der Waals surface area contributed by atoms with Crippen LogP contribution in [0.25, 0.3) is 0 Å². The summed E-state index contributed by atoms with van der Waals surface area (Å²) >= 11 is 0. The zero-order valence-corrected chi connectivity index (χ0v) is 42.5. The first-order valence-electron chi connectivity index (χ1n) is 27.1. The number of unbranched alkanes of at least 4 members (excludes halogenated alkanes) is 26. The molecule has 1 atom stereocenters. The molecule has 0 bridgehead atoms. The predicted molar refractivity (Wildman–Crippen MR) is 279 cm³/mol. The van der Waals surface area contributed by atoms with Crippen molar-refractivity contribution in [2.45, 2.75) is 258 Å². The van der Waals surface area contributed by atoms with E-state index >= 15 is 0 Å². The van der Waals surface area contributed by atoms with E-state index in [-0.39, 0.29) is 31.6 Å². The average molecular weight is 905 g/mol. The van der Waals surface area contributed by atoms with Crippen LogP contribution in [0, 0.1) is 0 Å². The van der Waals surface area contributed by atoms with Gasteiger partial charge in [0.1, 0.15) is 13.2 Å². The van der Waals surface area contributed by atoms with Crippen LogP contribution < -0.4 is 0 Å². The van der Waals surface area contributed by atoms with Crippen LogP contribution >= 0.6 is 0 Å². The lowest BCUT2D eigenvalue weighted by Crippen LogP contribution is -2.30. The van der Waals surface area contributed by atoms with E-state index in [0.717, 1.165) is 57.8 Å². The Morgan fingerprint density at radius 3 is 1.11 bits per heavy atom. The molecule has 372 valence electrons. The van der Waals surface area contributed by atoms with Crippen LogP contribution in [-0.4, -0.2) is 37.2 Å². The fourth-order valence-corrected chi connectivity index (χ4v) is 7.37. The van der Waals surface area contributed by atoms with Gasteiger partial charge in [-0.15, -0.1) is 0 Å². The number of hydrogen-bond donors (Lipinski definition) is 0. The maximum absolute atomic E-state index is 12.8. The Balaban J connectivity index is 4.33. The number of carbonyl (C=O) groups excluding carboxylic acids is 3. The van der Waals surface area contributed by atoms with Crippen LogP contribution in [0.4, 0.5) is 0 Å². The van der Waals surface area contributed by atoms with Crippen molar-refractivity contribution >= 4 is 17.9 Å². The van der Waals surface area contributed by atoms with Crippen LogP contribution in [0.1, 0.15) is 252 Å². The van der Waals surface area contributed by atoms with Crippen molar-refractivity contribution < 1.29 is 28.6 Å². The molecule has 0 saturated heterocycles. The molecule has 0 saturated carbocycles. The topological polar surface area (TPSA) is 78.9 Å². The molecule has 0 rings (SSSR count). The molecule has 0 spiro atoms. The highest BCUT2D eigenvalue weighted by molar-refractivity contribution is 5.72. The highest BCUT2D eigenvalue weighted by atomic mass is 16.6. The van der Waals surface area contributed by atoms with Gasteiger partial charge in [-0.25, -0.2) is 0 Å². The van der Waals surface area contributed by atoms with E-state index in [1.807, 2.05) is 6.08 Å². The van der Waals surface area contributed by atoms with E-state index in [1.165, 1.54) is 154 Å². The Bertz CT molecular complexity index is 1270. The second-order valence-corrected chi connectivity index (χ2v) is 17.8. The Hall–Kier alpha value is -3.41. The average Bonchev–Trinajstić information content (AvgIpc) is 3.30. The summed E-state index contributed by atoms with van der Waals surface area (Å²) in [4.78, 5) is 37.9. The molecule has 0 aliphatic heterocycles. The zero-order valence-electron chi connectivity index (χ0n) is 42.5. The summed E-state index contributed by atoms with van der Waals surface area (Å²) in [6.07, 6.45) is 68.9. The molecule has 6 heteroatoms. The van der Waals surface area contributed by atoms with Gasteiger partial charge in [0.2, 0.25) is 0 Å². The van der Waals surface area contributed by atoms with Gasteiger partial charge in [-0.1, -0.05) is 234 Å². The second-order valence-electron chi connectivity index (χ2n) is 17.8. The molecule has 1 unspecified atom stereocenters. The van der Waals surface area contributed by atoms with E-state index in [1.54, 1.807) is 6.08 Å². The summed E-state index contributed by atoms with van der Waals surface area (Å²) in [7, 11) is 0. The molecule has 0 aromatic heterocycles. The minimum atomic E-state index is -0.814. The van der Waals surface area contributed by atoms with Gasteiger partial charge in [0, 0.05) is 12.8 Å². The van der Waals surface area contributed by atoms with Crippen molar-refractivity contribution in [3.05, 3.63) is 85.1 Å². The first-order chi connectivity index (χ1) is 32.0. The zero-order chi connectivity index (χ0) is 47.2. The smallest absolute Gasteiger partial charge is 0.309 e. The number of rotatable bonds is 48. The second kappa shape index (κ2) is 53.2. The van der Waals surface area contributed by atoms with Crippen LogP contribution in [0.15, 0.2) is 85.1 Å². The molecule has 0 aliphatic carbocycles. The van der Waals surface area contributed by atoms with Crippen molar-refractivity contribution in [3.63, 3.8) is 0 Å². The largest absolute Gasteiger partial charge is 0.462 e. The molecule has 0 aromatic rings. The normalized spacial score (nSPS) is 12.7. The van der Waals surface area contributed by atoms with Gasteiger partial charge in [-0.05, 0) is 83.5 Å². The molecule has 65 heavy (non-hydrogen) atoms. The van der Waals surface area contributed by atoms with Gasteiger partial charge in [0.05, 0.1) is 6.42 Å². The summed E-state index contributed by atoms with van der Waals surface area (Å²) in [5.41, 5.74) is 0. The maximum atomic E-state index is 12.8. The minimum absolute atomic E-state index is 0.106. The lowest BCUT2D eigenvalue weighted by Gasteiger charge is -2.18. The van der Waals surface area contributed by atoms with Crippen LogP contribution in [0.5, 0.6) is 0 Å². The molecular formula is C59H100O6. The summed E-state index contributed by atoms with van der Waals surface area (Å²) < 4.78 is 16.7. The van der Waals surface area contributed by atoms with Crippen LogP contribution in [-0.2, 0) is 28.6 Å². The highest BCUT2D eigenvalue weighted by Gasteiger charge is 2.19. The third-order valence-electron chi connectivity index (χ3n) is 11.4. The van der Waals surface area contributed by atoms with Crippen molar-refractivity contribution in [1.82, 2.24) is 0 Å². The molecule has 0 fully saturated rings. The van der Waals surface area contributed by atoms with Gasteiger partial charge < -0.3 is 14.2 Å². The van der Waals surface area contributed by atoms with Crippen LogP contribution in [0.3, 0.4) is 0 Å². The van der Waals surface area contributed by atoms with E-state index in [2.05, 4.69) is 93.7 Å². The first kappa shape index (κ1) is 61.6. The fraction of sp³-hybridized carbons (Fsp3) is 0.712. The third kappa shape index (κ3) is 51.4. The van der Waals surface area contributed by atoms with Crippen LogP contribution in [0.2, 0.25) is 0 Å². The molecule has 0 aromatic carbocycles. The highest BCUT2D eigenvalue weighted by Crippen LogP contribution is 2.15. The Labute approximate surface area is 401 Å². The number of carbonyl (C=O) groups is 3. The van der Waals surface area contributed by atoms with Gasteiger partial charge in [-0.2, -0.15) is 0 Å². The molecule has 0 amide bonds. The lowest BCUT2D eigenvalue weighted by atomic mass is 10.1. The quantitative estimate of drug-likeness (QED) is 0.0199. The molecule has 0 N–H and O–H groups in total. The fourth-order valence-electron chi connectivity index (χ4n) is 7.37. The summed E-state index contributed by atoms with van der Waals surface area (Å²) in [5, 5.41) is 0. The molecule has 0 radical (unpaired) electrons. The van der Waals surface area contributed by atoms with Gasteiger partial charge in [-0.3, -0.25) is 14.4 Å². The molecule has 0 heterocycles. The third-order valence-corrected chi connectivity index (χ3v) is 11.4. The van der Waals surface area contributed by atoms with Gasteiger partial charge in [0.15, 0.2) is 6.10 Å². The molecule has 6 nitrogen and oxygen atoms in total. The predicted octanol–water partition coefficient (Wildman–Crippen LogP) is 18.0. The van der Waals surface area contributed by atoms with E-state index < -0.39 is 12.1 Å². The van der Waals surface area contributed by atoms with E-state index in [4.69, 9.17) is 14.2 Å². The van der Waals surface area contributed by atoms with Crippen molar-refractivity contribution in [2.75, 3.05) is 13.2 Å². The van der Waals surface area contributed by atoms with Crippen molar-refractivity contribution in [3.8, 4) is 0 Å². The summed E-state index contributed by atoms with van der Waals surface area (Å²) in [6.45, 7) is 6.37. The first-order valence-corrected chi connectivity index (χ1v) is 27.1. The van der Waals surface area contributed by atoms with Crippen molar-refractivity contribution in [1.29, 1.82) is 0 Å². The minimum Gasteiger partial charge on any atom is -0.462 e. The summed E-state index contributed by atoms with van der Waals surface area (Å²) in [6, 6.07) is 0. The Morgan fingerprint density at radius 1 is 0.354 bits per heavy atom. The SMILES string of the molecule is CC/C=C\C/C=C\C/C=C\CC(=O)OCC(COC(=O)CCCCCCCCCCCC/C=C\C=C/CCCCC)OC(=O)CCCCCCCCCCCC/C=C\C=C/CCCCC. The van der Waals surface area contributed by atoms with E-state index in [9.17, 15) is 14.4 Å². The Morgan fingerprint density at radius 2 is 0.692 bits per heavy atom. The lowest BCUT2D eigenvalue weighted by molar-refractivity contribution is -0.166. The molecular weight excluding hydrogens is 805 g/mol.